The van der Waals surface area contributed by atoms with Gasteiger partial charge >= 0.3 is 5.97 Å². The number of nitrogens with zero attached hydrogens (tertiary/aromatic N) is 1. The third kappa shape index (κ3) is 3.74. The zero-order chi connectivity index (χ0) is 18.8. The van der Waals surface area contributed by atoms with Crippen molar-refractivity contribution in [3.05, 3.63) is 58.1 Å². The van der Waals surface area contributed by atoms with Gasteiger partial charge in [-0.2, -0.15) is 0 Å². The van der Waals surface area contributed by atoms with Crippen LogP contribution >= 0.6 is 23.2 Å². The standard InChI is InChI=1S/C19H15Cl2NO4/c1-11(23)12-5-7-14(8-6-12)26-19(25)13-9-17(24)22(10-13)16-4-2-3-15(20)18(16)21/h2-8,13H,9-10H2,1H3/t13-/m0/s1. The zero-order valence-electron chi connectivity index (χ0n) is 13.9. The number of esters is 1. The summed E-state index contributed by atoms with van der Waals surface area (Å²) in [7, 11) is 0. The van der Waals surface area contributed by atoms with Crippen LogP contribution in [0.5, 0.6) is 5.75 Å². The van der Waals surface area contributed by atoms with Gasteiger partial charge in [-0.05, 0) is 43.3 Å². The molecular weight excluding hydrogens is 377 g/mol. The van der Waals surface area contributed by atoms with Gasteiger partial charge in [-0.1, -0.05) is 29.3 Å². The molecule has 1 heterocycles. The van der Waals surface area contributed by atoms with Crippen LogP contribution in [0.1, 0.15) is 23.7 Å². The maximum atomic E-state index is 12.4. The highest BCUT2D eigenvalue weighted by Crippen LogP contribution is 2.36. The Morgan fingerprint density at radius 1 is 1.12 bits per heavy atom. The van der Waals surface area contributed by atoms with E-state index in [4.69, 9.17) is 27.9 Å². The van der Waals surface area contributed by atoms with Crippen LogP contribution in [0, 0.1) is 5.92 Å². The lowest BCUT2D eigenvalue weighted by molar-refractivity contribution is -0.139. The molecule has 0 spiro atoms. The summed E-state index contributed by atoms with van der Waals surface area (Å²) >= 11 is 12.2. The van der Waals surface area contributed by atoms with Crippen molar-refractivity contribution in [1.29, 1.82) is 0 Å². The van der Waals surface area contributed by atoms with E-state index < -0.39 is 11.9 Å². The predicted octanol–water partition coefficient (Wildman–Crippen LogP) is 4.15. The molecule has 1 fully saturated rings. The number of rotatable bonds is 4. The van der Waals surface area contributed by atoms with E-state index in [-0.39, 0.29) is 29.7 Å². The molecule has 7 heteroatoms. The highest BCUT2D eigenvalue weighted by Gasteiger charge is 2.37. The van der Waals surface area contributed by atoms with Crippen LogP contribution in [0.15, 0.2) is 42.5 Å². The van der Waals surface area contributed by atoms with Crippen molar-refractivity contribution in [1.82, 2.24) is 0 Å². The molecule has 0 bridgehead atoms. The van der Waals surface area contributed by atoms with Crippen molar-refractivity contribution >= 4 is 46.5 Å². The molecule has 0 saturated carbocycles. The smallest absolute Gasteiger partial charge is 0.316 e. The number of carbonyl (C=O) groups excluding carboxylic acids is 3. The molecular formula is C19H15Cl2NO4. The van der Waals surface area contributed by atoms with Gasteiger partial charge in [-0.3, -0.25) is 14.4 Å². The molecule has 1 aliphatic rings. The average molecular weight is 392 g/mol. The third-order valence-electron chi connectivity index (χ3n) is 4.16. The Hall–Kier alpha value is -2.37. The number of anilines is 1. The van der Waals surface area contributed by atoms with E-state index in [1.807, 2.05) is 0 Å². The molecule has 0 N–H and O–H groups in total. The van der Waals surface area contributed by atoms with Crippen LogP contribution < -0.4 is 9.64 Å². The number of amides is 1. The second-order valence-corrected chi connectivity index (χ2v) is 6.77. The van der Waals surface area contributed by atoms with E-state index in [9.17, 15) is 14.4 Å². The molecule has 0 aromatic heterocycles. The van der Waals surface area contributed by atoms with E-state index in [0.717, 1.165) is 0 Å². The summed E-state index contributed by atoms with van der Waals surface area (Å²) in [5.74, 6) is -1.08. The molecule has 134 valence electrons. The number of halogens is 2. The van der Waals surface area contributed by atoms with Gasteiger partial charge in [-0.25, -0.2) is 0 Å². The molecule has 1 atom stereocenters. The van der Waals surface area contributed by atoms with Crippen molar-refractivity contribution in [3.8, 4) is 5.75 Å². The van der Waals surface area contributed by atoms with Crippen LogP contribution in [-0.2, 0) is 9.59 Å². The monoisotopic (exact) mass is 391 g/mol. The van der Waals surface area contributed by atoms with Crippen molar-refractivity contribution in [2.75, 3.05) is 11.4 Å². The first-order valence-electron chi connectivity index (χ1n) is 7.94. The molecule has 5 nitrogen and oxygen atoms in total. The van der Waals surface area contributed by atoms with Gasteiger partial charge < -0.3 is 9.64 Å². The topological polar surface area (TPSA) is 63.7 Å². The summed E-state index contributed by atoms with van der Waals surface area (Å²) in [6.45, 7) is 1.63. The van der Waals surface area contributed by atoms with Gasteiger partial charge in [0.15, 0.2) is 5.78 Å². The van der Waals surface area contributed by atoms with E-state index >= 15 is 0 Å². The molecule has 2 aromatic rings. The normalized spacial score (nSPS) is 16.7. The second-order valence-electron chi connectivity index (χ2n) is 5.98. The Labute approximate surface area is 160 Å². The van der Waals surface area contributed by atoms with E-state index in [0.29, 0.717) is 22.0 Å². The Morgan fingerprint density at radius 2 is 1.81 bits per heavy atom. The highest BCUT2D eigenvalue weighted by molar-refractivity contribution is 6.44. The first kappa shape index (κ1) is 18.4. The van der Waals surface area contributed by atoms with Crippen LogP contribution in [0.4, 0.5) is 5.69 Å². The molecule has 3 rings (SSSR count). The summed E-state index contributed by atoms with van der Waals surface area (Å²) in [5.41, 5.74) is 1.01. The number of ether oxygens (including phenoxy) is 1. The van der Waals surface area contributed by atoms with Gasteiger partial charge in [0.2, 0.25) is 5.91 Å². The lowest BCUT2D eigenvalue weighted by Gasteiger charge is -2.18. The predicted molar refractivity (Wildman–Crippen MR) is 99.0 cm³/mol. The minimum atomic E-state index is -0.606. The fourth-order valence-corrected chi connectivity index (χ4v) is 3.15. The van der Waals surface area contributed by atoms with E-state index in [1.54, 1.807) is 42.5 Å². The van der Waals surface area contributed by atoms with Crippen molar-refractivity contribution in [2.24, 2.45) is 5.92 Å². The number of benzene rings is 2. The largest absolute Gasteiger partial charge is 0.426 e. The maximum absolute atomic E-state index is 12.4. The van der Waals surface area contributed by atoms with Crippen LogP contribution in [0.3, 0.4) is 0 Å². The van der Waals surface area contributed by atoms with Crippen molar-refractivity contribution in [3.63, 3.8) is 0 Å². The number of hydrogen-bond donors (Lipinski definition) is 0. The molecule has 1 saturated heterocycles. The Balaban J connectivity index is 1.71. The quantitative estimate of drug-likeness (QED) is 0.446. The molecule has 26 heavy (non-hydrogen) atoms. The van der Waals surface area contributed by atoms with Gasteiger partial charge in [0.25, 0.3) is 0 Å². The lowest BCUT2D eigenvalue weighted by Crippen LogP contribution is -2.27. The number of hydrogen-bond acceptors (Lipinski definition) is 4. The Morgan fingerprint density at radius 3 is 2.46 bits per heavy atom. The summed E-state index contributed by atoms with van der Waals surface area (Å²) in [6, 6.07) is 11.3. The van der Waals surface area contributed by atoms with Crippen LogP contribution in [-0.4, -0.2) is 24.2 Å². The Bertz CT molecular complexity index is 880. The number of ketones is 1. The Kier molecular flexibility index (Phi) is 5.30. The van der Waals surface area contributed by atoms with Crippen molar-refractivity contribution < 1.29 is 19.1 Å². The fourth-order valence-electron chi connectivity index (χ4n) is 2.76. The molecule has 0 radical (unpaired) electrons. The van der Waals surface area contributed by atoms with Gasteiger partial charge in [0.1, 0.15) is 5.75 Å². The first-order valence-corrected chi connectivity index (χ1v) is 8.69. The fraction of sp³-hybridized carbons (Fsp3) is 0.211. The number of carbonyl (C=O) groups is 3. The summed E-state index contributed by atoms with van der Waals surface area (Å²) in [5, 5.41) is 0.616. The van der Waals surface area contributed by atoms with Gasteiger partial charge in [0, 0.05) is 18.5 Å². The van der Waals surface area contributed by atoms with Crippen LogP contribution in [0.25, 0.3) is 0 Å². The summed E-state index contributed by atoms with van der Waals surface area (Å²) < 4.78 is 5.33. The second kappa shape index (κ2) is 7.48. The first-order chi connectivity index (χ1) is 12.4. The van der Waals surface area contributed by atoms with E-state index in [1.165, 1.54) is 11.8 Å². The summed E-state index contributed by atoms with van der Waals surface area (Å²) in [6.07, 6.45) is 0.0349. The highest BCUT2D eigenvalue weighted by atomic mass is 35.5. The number of Topliss-reactive ketones (excluding diaryl/α,β-unsaturated/α-hetero) is 1. The average Bonchev–Trinajstić information content (AvgIpc) is 2.99. The lowest BCUT2D eigenvalue weighted by atomic mass is 10.1. The zero-order valence-corrected chi connectivity index (χ0v) is 15.4. The molecule has 1 aliphatic heterocycles. The maximum Gasteiger partial charge on any atom is 0.316 e. The summed E-state index contributed by atoms with van der Waals surface area (Å²) in [4.78, 5) is 37.4. The van der Waals surface area contributed by atoms with Crippen LogP contribution in [0.2, 0.25) is 10.0 Å². The SMILES string of the molecule is CC(=O)c1ccc(OC(=O)[C@H]2CC(=O)N(c3cccc(Cl)c3Cl)C2)cc1. The molecule has 0 aliphatic carbocycles. The van der Waals surface area contributed by atoms with E-state index in [2.05, 4.69) is 0 Å². The van der Waals surface area contributed by atoms with Gasteiger partial charge in [0.05, 0.1) is 21.7 Å². The molecule has 1 amide bonds. The van der Waals surface area contributed by atoms with Gasteiger partial charge in [-0.15, -0.1) is 0 Å². The molecule has 0 unspecified atom stereocenters. The van der Waals surface area contributed by atoms with Crippen molar-refractivity contribution in [2.45, 2.75) is 13.3 Å². The third-order valence-corrected chi connectivity index (χ3v) is 4.97. The minimum absolute atomic E-state index is 0.0349. The minimum Gasteiger partial charge on any atom is -0.426 e. The molecule has 2 aromatic carbocycles.